The zero-order valence-corrected chi connectivity index (χ0v) is 15.3. The van der Waals surface area contributed by atoms with E-state index in [0.29, 0.717) is 13.2 Å². The Bertz CT molecular complexity index is 854. The second-order valence-electron chi connectivity index (χ2n) is 7.32. The number of aromatic nitrogens is 2. The maximum Gasteiger partial charge on any atom is 0.231 e. The van der Waals surface area contributed by atoms with Crippen LogP contribution < -0.4 is 14.8 Å². The molecule has 27 heavy (non-hydrogen) atoms. The van der Waals surface area contributed by atoms with Gasteiger partial charge in [0, 0.05) is 12.2 Å². The summed E-state index contributed by atoms with van der Waals surface area (Å²) in [6, 6.07) is 7.19. The van der Waals surface area contributed by atoms with Gasteiger partial charge in [0.05, 0.1) is 24.4 Å². The maximum absolute atomic E-state index is 11.1. The Balaban J connectivity index is 1.35. The molecule has 5 rings (SSSR count). The van der Waals surface area contributed by atoms with Gasteiger partial charge in [0.25, 0.3) is 0 Å². The monoisotopic (exact) mass is 373 g/mol. The highest BCUT2D eigenvalue weighted by Crippen LogP contribution is 2.37. The van der Waals surface area contributed by atoms with Gasteiger partial charge >= 0.3 is 0 Å². The average molecular weight is 373 g/mol. The van der Waals surface area contributed by atoms with Crippen molar-refractivity contribution in [2.45, 2.75) is 51.0 Å². The molecule has 144 valence electrons. The van der Waals surface area contributed by atoms with Crippen LogP contribution in [0.15, 0.2) is 24.3 Å². The molecule has 8 nitrogen and oxygen atoms in total. The highest BCUT2D eigenvalue weighted by Gasteiger charge is 2.51. The fourth-order valence-corrected chi connectivity index (χ4v) is 4.15. The molecular weight excluding hydrogens is 350 g/mol. The van der Waals surface area contributed by atoms with Crippen LogP contribution >= 0.6 is 0 Å². The zero-order chi connectivity index (χ0) is 18.5. The van der Waals surface area contributed by atoms with E-state index in [9.17, 15) is 5.11 Å². The van der Waals surface area contributed by atoms with Crippen molar-refractivity contribution in [3.05, 3.63) is 41.2 Å². The lowest BCUT2D eigenvalue weighted by atomic mass is 9.95. The number of fused-ring (bicyclic) bond motifs is 3. The van der Waals surface area contributed by atoms with Gasteiger partial charge in [-0.15, -0.1) is 0 Å². The molecule has 4 heterocycles. The van der Waals surface area contributed by atoms with Crippen LogP contribution in [0.5, 0.6) is 11.5 Å². The standard InChI is InChI=1S/C19H23N3O5/c1-10-5-11(2)22(21-10)17-18(23)16(15-8-24-19(17)27-15)20-7-12-3-4-13-14(6-12)26-9-25-13/h3-6,15-20,23H,7-9H2,1-2H3/t15-,16-,17-,18+,19-/m1/s1. The molecule has 2 saturated heterocycles. The zero-order valence-electron chi connectivity index (χ0n) is 15.3. The number of nitrogens with zero attached hydrogens (tertiary/aromatic N) is 2. The molecule has 0 amide bonds. The molecule has 1 aromatic carbocycles. The smallest absolute Gasteiger partial charge is 0.231 e. The lowest BCUT2D eigenvalue weighted by Crippen LogP contribution is -2.57. The average Bonchev–Trinajstić information content (AvgIpc) is 3.35. The maximum atomic E-state index is 11.1. The highest BCUT2D eigenvalue weighted by atomic mass is 16.7. The molecule has 0 radical (unpaired) electrons. The summed E-state index contributed by atoms with van der Waals surface area (Å²) in [7, 11) is 0. The minimum Gasteiger partial charge on any atom is -0.454 e. The van der Waals surface area contributed by atoms with Gasteiger partial charge < -0.3 is 29.4 Å². The number of aliphatic hydroxyl groups is 1. The molecule has 1 aromatic heterocycles. The van der Waals surface area contributed by atoms with Crippen LogP contribution in [0.4, 0.5) is 0 Å². The number of benzene rings is 1. The fourth-order valence-electron chi connectivity index (χ4n) is 4.15. The van der Waals surface area contributed by atoms with E-state index in [2.05, 4.69) is 10.4 Å². The first-order chi connectivity index (χ1) is 13.1. The molecule has 2 aromatic rings. The number of hydrogen-bond acceptors (Lipinski definition) is 7. The molecule has 5 atom stereocenters. The Morgan fingerprint density at radius 1 is 1.22 bits per heavy atom. The van der Waals surface area contributed by atoms with Crippen molar-refractivity contribution >= 4 is 0 Å². The Morgan fingerprint density at radius 3 is 2.89 bits per heavy atom. The molecule has 0 saturated carbocycles. The Morgan fingerprint density at radius 2 is 2.07 bits per heavy atom. The molecule has 8 heteroatoms. The van der Waals surface area contributed by atoms with E-state index in [1.54, 1.807) is 0 Å². The number of ether oxygens (including phenoxy) is 4. The SMILES string of the molecule is Cc1cc(C)n([C@H]2[C@@H]3OC[C@@H](O3)[C@@H](NCc3ccc4c(c3)OCO4)[C@@H]2O)n1. The van der Waals surface area contributed by atoms with Crippen LogP contribution in [0.1, 0.15) is 23.0 Å². The van der Waals surface area contributed by atoms with Gasteiger partial charge in [-0.1, -0.05) is 6.07 Å². The first-order valence-corrected chi connectivity index (χ1v) is 9.20. The van der Waals surface area contributed by atoms with Gasteiger partial charge in [0.1, 0.15) is 12.1 Å². The quantitative estimate of drug-likeness (QED) is 0.828. The summed E-state index contributed by atoms with van der Waals surface area (Å²) in [5.41, 5.74) is 2.93. The van der Waals surface area contributed by atoms with Crippen molar-refractivity contribution in [3.8, 4) is 11.5 Å². The molecule has 2 N–H and O–H groups in total. The summed E-state index contributed by atoms with van der Waals surface area (Å²) in [6.45, 7) is 5.20. The summed E-state index contributed by atoms with van der Waals surface area (Å²) in [4.78, 5) is 0. The number of aryl methyl sites for hydroxylation is 2. The first kappa shape index (κ1) is 17.0. The summed E-state index contributed by atoms with van der Waals surface area (Å²) in [6.07, 6.45) is -1.35. The van der Waals surface area contributed by atoms with Gasteiger partial charge in [0.15, 0.2) is 17.8 Å². The highest BCUT2D eigenvalue weighted by molar-refractivity contribution is 5.44. The van der Waals surface area contributed by atoms with Crippen LogP contribution in [0.25, 0.3) is 0 Å². The van der Waals surface area contributed by atoms with Gasteiger partial charge in [-0.2, -0.15) is 5.10 Å². The molecule has 0 unspecified atom stereocenters. The molecule has 0 aliphatic carbocycles. The number of hydrogen-bond donors (Lipinski definition) is 2. The topological polar surface area (TPSA) is 87.0 Å². The van der Waals surface area contributed by atoms with Gasteiger partial charge in [-0.3, -0.25) is 4.68 Å². The van der Waals surface area contributed by atoms with Gasteiger partial charge in [-0.05, 0) is 37.6 Å². The molecular formula is C19H23N3O5. The van der Waals surface area contributed by atoms with Crippen LogP contribution in [0.2, 0.25) is 0 Å². The molecule has 3 aliphatic heterocycles. The largest absolute Gasteiger partial charge is 0.454 e. The predicted octanol–water partition coefficient (Wildman–Crippen LogP) is 1.04. The number of rotatable bonds is 4. The van der Waals surface area contributed by atoms with Gasteiger partial charge in [-0.25, -0.2) is 0 Å². The van der Waals surface area contributed by atoms with Crippen molar-refractivity contribution in [2.24, 2.45) is 0 Å². The summed E-state index contributed by atoms with van der Waals surface area (Å²) >= 11 is 0. The summed E-state index contributed by atoms with van der Waals surface area (Å²) in [5, 5.41) is 19.1. The second kappa shape index (κ2) is 6.49. The third-order valence-corrected chi connectivity index (χ3v) is 5.44. The normalized spacial score (nSPS) is 31.4. The fraction of sp³-hybridized carbons (Fsp3) is 0.526. The third kappa shape index (κ3) is 2.89. The van der Waals surface area contributed by atoms with Crippen molar-refractivity contribution in [1.29, 1.82) is 0 Å². The van der Waals surface area contributed by atoms with E-state index in [4.69, 9.17) is 18.9 Å². The van der Waals surface area contributed by atoms with Crippen LogP contribution in [-0.4, -0.2) is 52.8 Å². The van der Waals surface area contributed by atoms with Crippen molar-refractivity contribution in [2.75, 3.05) is 13.4 Å². The number of aliphatic hydroxyl groups excluding tert-OH is 1. The van der Waals surface area contributed by atoms with Crippen molar-refractivity contribution in [1.82, 2.24) is 15.1 Å². The van der Waals surface area contributed by atoms with E-state index < -0.39 is 12.4 Å². The van der Waals surface area contributed by atoms with Gasteiger partial charge in [0.2, 0.25) is 6.79 Å². The lowest BCUT2D eigenvalue weighted by Gasteiger charge is -2.39. The molecule has 2 bridgehead atoms. The van der Waals surface area contributed by atoms with E-state index in [1.807, 2.05) is 42.8 Å². The Hall–Kier alpha value is -2.13. The van der Waals surface area contributed by atoms with Crippen molar-refractivity contribution < 1.29 is 24.1 Å². The Labute approximate surface area is 157 Å². The van der Waals surface area contributed by atoms with Crippen LogP contribution in [0.3, 0.4) is 0 Å². The Kier molecular flexibility index (Phi) is 4.08. The molecule has 2 fully saturated rings. The lowest BCUT2D eigenvalue weighted by molar-refractivity contribution is -0.168. The third-order valence-electron chi connectivity index (χ3n) is 5.44. The minimum absolute atomic E-state index is 0.188. The summed E-state index contributed by atoms with van der Waals surface area (Å²) in [5.74, 6) is 1.51. The minimum atomic E-state index is -0.678. The van der Waals surface area contributed by atoms with E-state index >= 15 is 0 Å². The first-order valence-electron chi connectivity index (χ1n) is 9.20. The van der Waals surface area contributed by atoms with Crippen LogP contribution in [-0.2, 0) is 16.0 Å². The predicted molar refractivity (Wildman–Crippen MR) is 94.6 cm³/mol. The molecule has 0 spiro atoms. The van der Waals surface area contributed by atoms with E-state index in [0.717, 1.165) is 28.5 Å². The van der Waals surface area contributed by atoms with E-state index in [-0.39, 0.29) is 25.0 Å². The number of nitrogens with one attached hydrogen (secondary N) is 1. The molecule has 3 aliphatic rings. The second-order valence-corrected chi connectivity index (χ2v) is 7.32. The van der Waals surface area contributed by atoms with E-state index in [1.165, 1.54) is 0 Å². The summed E-state index contributed by atoms with van der Waals surface area (Å²) < 4.78 is 24.4. The van der Waals surface area contributed by atoms with Crippen molar-refractivity contribution in [3.63, 3.8) is 0 Å². The van der Waals surface area contributed by atoms with Crippen LogP contribution in [0, 0.1) is 13.8 Å².